The lowest BCUT2D eigenvalue weighted by atomic mass is 10.1. The number of halogens is 2. The van der Waals surface area contributed by atoms with E-state index in [1.165, 1.54) is 0 Å². The standard InChI is InChI=1S/C10H12BrFO/c1-2-8-5-7(3-4-13)6-9(11)10(8)12/h5-6,13H,2-4H2,1H3. The third-order valence-corrected chi connectivity index (χ3v) is 2.52. The van der Waals surface area contributed by atoms with Crippen LogP contribution in [0, 0.1) is 5.82 Å². The van der Waals surface area contributed by atoms with Gasteiger partial charge < -0.3 is 5.11 Å². The Morgan fingerprint density at radius 3 is 2.69 bits per heavy atom. The Kier molecular flexibility index (Phi) is 3.88. The van der Waals surface area contributed by atoms with E-state index in [0.29, 0.717) is 22.9 Å². The molecular weight excluding hydrogens is 235 g/mol. The van der Waals surface area contributed by atoms with Gasteiger partial charge in [-0.05, 0) is 46.0 Å². The van der Waals surface area contributed by atoms with Gasteiger partial charge in [0.15, 0.2) is 0 Å². The molecule has 1 aromatic rings. The SMILES string of the molecule is CCc1cc(CCO)cc(Br)c1F. The van der Waals surface area contributed by atoms with Crippen LogP contribution in [0.1, 0.15) is 18.1 Å². The van der Waals surface area contributed by atoms with Crippen LogP contribution in [0.5, 0.6) is 0 Å². The molecule has 1 N–H and O–H groups in total. The number of hydrogen-bond acceptors (Lipinski definition) is 1. The van der Waals surface area contributed by atoms with Gasteiger partial charge in [0.25, 0.3) is 0 Å². The molecule has 0 aliphatic heterocycles. The van der Waals surface area contributed by atoms with Gasteiger partial charge in [0.1, 0.15) is 5.82 Å². The van der Waals surface area contributed by atoms with Crippen LogP contribution >= 0.6 is 15.9 Å². The van der Waals surface area contributed by atoms with Gasteiger partial charge in [-0.25, -0.2) is 4.39 Å². The Labute approximate surface area is 85.7 Å². The number of rotatable bonds is 3. The minimum Gasteiger partial charge on any atom is -0.396 e. The van der Waals surface area contributed by atoms with Crippen molar-refractivity contribution in [2.45, 2.75) is 19.8 Å². The summed E-state index contributed by atoms with van der Waals surface area (Å²) in [5.41, 5.74) is 1.66. The van der Waals surface area contributed by atoms with Crippen LogP contribution in [0.4, 0.5) is 4.39 Å². The smallest absolute Gasteiger partial charge is 0.140 e. The second-order valence-electron chi connectivity index (χ2n) is 2.88. The van der Waals surface area contributed by atoms with E-state index in [2.05, 4.69) is 15.9 Å². The summed E-state index contributed by atoms with van der Waals surface area (Å²) in [6.45, 7) is 2.01. The summed E-state index contributed by atoms with van der Waals surface area (Å²) >= 11 is 3.15. The molecule has 0 aromatic heterocycles. The van der Waals surface area contributed by atoms with Crippen molar-refractivity contribution in [3.63, 3.8) is 0 Å². The first-order chi connectivity index (χ1) is 6.19. The molecule has 1 aromatic carbocycles. The molecule has 0 radical (unpaired) electrons. The highest BCUT2D eigenvalue weighted by atomic mass is 79.9. The fourth-order valence-corrected chi connectivity index (χ4v) is 1.79. The largest absolute Gasteiger partial charge is 0.396 e. The Bertz CT molecular complexity index is 299. The lowest BCUT2D eigenvalue weighted by Gasteiger charge is -2.05. The fraction of sp³-hybridized carbons (Fsp3) is 0.400. The van der Waals surface area contributed by atoms with Crippen molar-refractivity contribution in [1.29, 1.82) is 0 Å². The number of hydrogen-bond donors (Lipinski definition) is 1. The maximum Gasteiger partial charge on any atom is 0.140 e. The van der Waals surface area contributed by atoms with Crippen molar-refractivity contribution in [2.24, 2.45) is 0 Å². The Morgan fingerprint density at radius 1 is 1.46 bits per heavy atom. The summed E-state index contributed by atoms with van der Waals surface area (Å²) < 4.78 is 13.8. The minimum absolute atomic E-state index is 0.0984. The first kappa shape index (κ1) is 10.7. The third-order valence-electron chi connectivity index (χ3n) is 1.94. The van der Waals surface area contributed by atoms with E-state index >= 15 is 0 Å². The zero-order valence-corrected chi connectivity index (χ0v) is 9.07. The molecule has 0 amide bonds. The van der Waals surface area contributed by atoms with Crippen LogP contribution < -0.4 is 0 Å². The number of aliphatic hydroxyl groups excluding tert-OH is 1. The van der Waals surface area contributed by atoms with Gasteiger partial charge in [-0.2, -0.15) is 0 Å². The Hall–Kier alpha value is -0.410. The van der Waals surface area contributed by atoms with Crippen molar-refractivity contribution in [2.75, 3.05) is 6.61 Å². The van der Waals surface area contributed by atoms with Crippen molar-refractivity contribution in [3.8, 4) is 0 Å². The number of benzene rings is 1. The van der Waals surface area contributed by atoms with Crippen LogP contribution in [0.15, 0.2) is 16.6 Å². The van der Waals surface area contributed by atoms with Crippen LogP contribution in [-0.2, 0) is 12.8 Å². The van der Waals surface area contributed by atoms with Crippen molar-refractivity contribution < 1.29 is 9.50 Å². The summed E-state index contributed by atoms with van der Waals surface area (Å²) in [5, 5.41) is 8.73. The molecule has 0 fully saturated rings. The lowest BCUT2D eigenvalue weighted by Crippen LogP contribution is -1.96. The highest BCUT2D eigenvalue weighted by Gasteiger charge is 2.06. The van der Waals surface area contributed by atoms with E-state index in [1.54, 1.807) is 12.1 Å². The molecule has 1 rings (SSSR count). The van der Waals surface area contributed by atoms with Gasteiger partial charge in [0.2, 0.25) is 0 Å². The lowest BCUT2D eigenvalue weighted by molar-refractivity contribution is 0.299. The van der Waals surface area contributed by atoms with Crippen molar-refractivity contribution in [1.82, 2.24) is 0 Å². The Balaban J connectivity index is 3.06. The Morgan fingerprint density at radius 2 is 2.15 bits per heavy atom. The predicted molar refractivity (Wildman–Crippen MR) is 54.3 cm³/mol. The summed E-state index contributed by atoms with van der Waals surface area (Å²) in [5.74, 6) is -0.191. The molecule has 0 atom stereocenters. The number of aryl methyl sites for hydroxylation is 1. The van der Waals surface area contributed by atoms with E-state index < -0.39 is 0 Å². The maximum absolute atomic E-state index is 13.3. The third kappa shape index (κ3) is 2.51. The second-order valence-corrected chi connectivity index (χ2v) is 3.73. The first-order valence-corrected chi connectivity index (χ1v) is 5.06. The maximum atomic E-state index is 13.3. The molecule has 0 heterocycles. The zero-order valence-electron chi connectivity index (χ0n) is 7.48. The van der Waals surface area contributed by atoms with Gasteiger partial charge in [0.05, 0.1) is 4.47 Å². The van der Waals surface area contributed by atoms with Crippen LogP contribution in [0.25, 0.3) is 0 Å². The van der Waals surface area contributed by atoms with Gasteiger partial charge in [0, 0.05) is 6.61 Å². The van der Waals surface area contributed by atoms with Gasteiger partial charge in [-0.1, -0.05) is 13.0 Å². The predicted octanol–water partition coefficient (Wildman–Crippen LogP) is 2.69. The molecule has 0 spiro atoms. The highest BCUT2D eigenvalue weighted by Crippen LogP contribution is 2.22. The zero-order chi connectivity index (χ0) is 9.84. The van der Waals surface area contributed by atoms with Gasteiger partial charge in [-0.3, -0.25) is 0 Å². The normalized spacial score (nSPS) is 10.5. The van der Waals surface area contributed by atoms with Crippen LogP contribution in [0.2, 0.25) is 0 Å². The fourth-order valence-electron chi connectivity index (χ4n) is 1.24. The molecule has 0 aliphatic rings. The van der Waals surface area contributed by atoms with Crippen molar-refractivity contribution in [3.05, 3.63) is 33.5 Å². The van der Waals surface area contributed by atoms with Gasteiger partial charge >= 0.3 is 0 Å². The second kappa shape index (κ2) is 4.72. The average molecular weight is 247 g/mol. The molecular formula is C10H12BrFO. The van der Waals surface area contributed by atoms with Gasteiger partial charge in [-0.15, -0.1) is 0 Å². The summed E-state index contributed by atoms with van der Waals surface area (Å²) in [6.07, 6.45) is 1.25. The molecule has 1 nitrogen and oxygen atoms in total. The van der Waals surface area contributed by atoms with E-state index in [4.69, 9.17) is 5.11 Å². The number of aliphatic hydroxyl groups is 1. The van der Waals surface area contributed by atoms with Crippen LogP contribution in [-0.4, -0.2) is 11.7 Å². The molecule has 0 saturated carbocycles. The first-order valence-electron chi connectivity index (χ1n) is 4.26. The summed E-state index contributed by atoms with van der Waals surface area (Å²) in [7, 11) is 0. The van der Waals surface area contributed by atoms with E-state index in [0.717, 1.165) is 5.56 Å². The molecule has 0 saturated heterocycles. The van der Waals surface area contributed by atoms with Crippen LogP contribution in [0.3, 0.4) is 0 Å². The molecule has 3 heteroatoms. The molecule has 0 unspecified atom stereocenters. The van der Waals surface area contributed by atoms with Crippen molar-refractivity contribution >= 4 is 15.9 Å². The summed E-state index contributed by atoms with van der Waals surface area (Å²) in [4.78, 5) is 0. The van der Waals surface area contributed by atoms with E-state index in [9.17, 15) is 4.39 Å². The molecule has 0 aliphatic carbocycles. The average Bonchev–Trinajstić information content (AvgIpc) is 2.11. The molecule has 13 heavy (non-hydrogen) atoms. The topological polar surface area (TPSA) is 20.2 Å². The summed E-state index contributed by atoms with van der Waals surface area (Å²) in [6, 6.07) is 3.51. The van der Waals surface area contributed by atoms with E-state index in [1.807, 2.05) is 6.92 Å². The minimum atomic E-state index is -0.191. The molecule has 0 bridgehead atoms. The van der Waals surface area contributed by atoms with E-state index in [-0.39, 0.29) is 12.4 Å². The monoisotopic (exact) mass is 246 g/mol. The quantitative estimate of drug-likeness (QED) is 0.870. The highest BCUT2D eigenvalue weighted by molar-refractivity contribution is 9.10. The molecule has 72 valence electrons.